The van der Waals surface area contributed by atoms with Crippen LogP contribution in [0.2, 0.25) is 0 Å². The Morgan fingerprint density at radius 1 is 0.737 bits per heavy atom. The van der Waals surface area contributed by atoms with Crippen molar-refractivity contribution in [3.8, 4) is 0 Å². The third-order valence-corrected chi connectivity index (χ3v) is 7.53. The molecule has 19 heavy (non-hydrogen) atoms. The zero-order chi connectivity index (χ0) is 13.2. The number of halogens is 1. The van der Waals surface area contributed by atoms with Crippen LogP contribution in [0.3, 0.4) is 0 Å². The number of hydrogen-bond acceptors (Lipinski definition) is 1. The third kappa shape index (κ3) is 3.20. The molecule has 3 fully saturated rings. The van der Waals surface area contributed by atoms with Gasteiger partial charge in [-0.05, 0) is 62.4 Å². The van der Waals surface area contributed by atoms with Gasteiger partial charge in [0.2, 0.25) is 0 Å². The van der Waals surface area contributed by atoms with E-state index in [9.17, 15) is 0 Å². The standard InChI is InChI=1S/C17H30BrN/c18-14-17(8-2-1-3-9-17)15-19-12-10-16(11-13-19)6-4-5-7-16/h1-15H2. The van der Waals surface area contributed by atoms with E-state index in [2.05, 4.69) is 20.8 Å². The highest BCUT2D eigenvalue weighted by Crippen LogP contribution is 2.47. The van der Waals surface area contributed by atoms with Crippen molar-refractivity contribution in [1.29, 1.82) is 0 Å². The lowest BCUT2D eigenvalue weighted by molar-refractivity contribution is 0.0609. The fraction of sp³-hybridized carbons (Fsp3) is 1.00. The van der Waals surface area contributed by atoms with Crippen molar-refractivity contribution in [2.24, 2.45) is 10.8 Å². The normalized spacial score (nSPS) is 30.8. The van der Waals surface area contributed by atoms with E-state index in [1.165, 1.54) is 95.6 Å². The zero-order valence-electron chi connectivity index (χ0n) is 12.4. The van der Waals surface area contributed by atoms with E-state index in [0.29, 0.717) is 5.41 Å². The maximum Gasteiger partial charge on any atom is 0.0100 e. The highest BCUT2D eigenvalue weighted by atomic mass is 79.9. The molecule has 2 saturated carbocycles. The number of rotatable bonds is 3. The zero-order valence-corrected chi connectivity index (χ0v) is 14.0. The van der Waals surface area contributed by atoms with Crippen LogP contribution in [0, 0.1) is 10.8 Å². The van der Waals surface area contributed by atoms with E-state index in [1.54, 1.807) is 0 Å². The first-order valence-electron chi connectivity index (χ1n) is 8.54. The SMILES string of the molecule is BrCC1(CN2CCC3(CCCC3)CC2)CCCCC1. The Kier molecular flexibility index (Phi) is 4.58. The van der Waals surface area contributed by atoms with Gasteiger partial charge in [-0.1, -0.05) is 48.0 Å². The van der Waals surface area contributed by atoms with Crippen molar-refractivity contribution in [2.75, 3.05) is 25.0 Å². The molecule has 110 valence electrons. The van der Waals surface area contributed by atoms with Crippen LogP contribution < -0.4 is 0 Å². The predicted octanol–water partition coefficient (Wildman–Crippen LogP) is 4.99. The Balaban J connectivity index is 1.53. The van der Waals surface area contributed by atoms with Crippen molar-refractivity contribution >= 4 is 15.9 Å². The van der Waals surface area contributed by atoms with Gasteiger partial charge in [-0.3, -0.25) is 0 Å². The minimum absolute atomic E-state index is 0.610. The van der Waals surface area contributed by atoms with Gasteiger partial charge in [-0.15, -0.1) is 0 Å². The third-order valence-electron chi connectivity index (χ3n) is 6.34. The van der Waals surface area contributed by atoms with Gasteiger partial charge in [-0.2, -0.15) is 0 Å². The fourth-order valence-corrected chi connectivity index (χ4v) is 5.66. The molecule has 0 aromatic carbocycles. The monoisotopic (exact) mass is 327 g/mol. The highest BCUT2D eigenvalue weighted by molar-refractivity contribution is 9.09. The smallest absolute Gasteiger partial charge is 0.0100 e. The quantitative estimate of drug-likeness (QED) is 0.660. The summed E-state index contributed by atoms with van der Waals surface area (Å²) in [5, 5.41) is 1.22. The van der Waals surface area contributed by atoms with Gasteiger partial charge >= 0.3 is 0 Å². The van der Waals surface area contributed by atoms with Crippen LogP contribution in [-0.2, 0) is 0 Å². The molecule has 2 aliphatic carbocycles. The molecule has 3 rings (SSSR count). The lowest BCUT2D eigenvalue weighted by Crippen LogP contribution is -2.46. The minimum atomic E-state index is 0.610. The average Bonchev–Trinajstić information content (AvgIpc) is 2.91. The number of alkyl halides is 1. The van der Waals surface area contributed by atoms with Crippen molar-refractivity contribution in [2.45, 2.75) is 70.6 Å². The van der Waals surface area contributed by atoms with E-state index in [4.69, 9.17) is 0 Å². The lowest BCUT2D eigenvalue weighted by Gasteiger charge is -2.45. The first-order chi connectivity index (χ1) is 9.26. The van der Waals surface area contributed by atoms with Crippen LogP contribution in [-0.4, -0.2) is 29.9 Å². The summed E-state index contributed by atoms with van der Waals surface area (Å²) < 4.78 is 0. The van der Waals surface area contributed by atoms with Gasteiger partial charge in [-0.25, -0.2) is 0 Å². The summed E-state index contributed by atoms with van der Waals surface area (Å²) in [7, 11) is 0. The van der Waals surface area contributed by atoms with Gasteiger partial charge in [0.15, 0.2) is 0 Å². The summed E-state index contributed by atoms with van der Waals surface area (Å²) in [5.41, 5.74) is 1.39. The molecule has 2 heteroatoms. The Hall–Kier alpha value is 0.440. The van der Waals surface area contributed by atoms with E-state index in [1.807, 2.05) is 0 Å². The van der Waals surface area contributed by atoms with Gasteiger partial charge in [0.1, 0.15) is 0 Å². The molecule has 0 radical (unpaired) electrons. The maximum absolute atomic E-state index is 3.83. The molecule has 0 unspecified atom stereocenters. The van der Waals surface area contributed by atoms with Crippen LogP contribution in [0.25, 0.3) is 0 Å². The Labute approximate surface area is 127 Å². The lowest BCUT2D eigenvalue weighted by atomic mass is 9.73. The minimum Gasteiger partial charge on any atom is -0.303 e. The highest BCUT2D eigenvalue weighted by Gasteiger charge is 2.39. The van der Waals surface area contributed by atoms with Gasteiger partial charge in [0, 0.05) is 11.9 Å². The van der Waals surface area contributed by atoms with Crippen molar-refractivity contribution in [3.63, 3.8) is 0 Å². The summed E-state index contributed by atoms with van der Waals surface area (Å²) in [6.07, 6.45) is 16.4. The van der Waals surface area contributed by atoms with E-state index in [-0.39, 0.29) is 0 Å². The van der Waals surface area contributed by atoms with Crippen molar-refractivity contribution in [3.05, 3.63) is 0 Å². The summed E-state index contributed by atoms with van der Waals surface area (Å²) in [5.74, 6) is 0. The second-order valence-corrected chi connectivity index (χ2v) is 8.24. The Morgan fingerprint density at radius 2 is 1.32 bits per heavy atom. The molecule has 1 heterocycles. The van der Waals surface area contributed by atoms with Crippen molar-refractivity contribution < 1.29 is 0 Å². The Morgan fingerprint density at radius 3 is 1.89 bits per heavy atom. The maximum atomic E-state index is 3.83. The molecule has 1 nitrogen and oxygen atoms in total. The number of hydrogen-bond donors (Lipinski definition) is 0. The molecule has 0 aromatic heterocycles. The van der Waals surface area contributed by atoms with Crippen LogP contribution in [0.15, 0.2) is 0 Å². The fourth-order valence-electron chi connectivity index (χ4n) is 4.92. The summed E-state index contributed by atoms with van der Waals surface area (Å²) in [4.78, 5) is 2.80. The van der Waals surface area contributed by atoms with E-state index >= 15 is 0 Å². The van der Waals surface area contributed by atoms with Crippen LogP contribution in [0.5, 0.6) is 0 Å². The summed E-state index contributed by atoms with van der Waals surface area (Å²) in [6.45, 7) is 4.14. The molecule has 0 N–H and O–H groups in total. The number of piperidine rings is 1. The van der Waals surface area contributed by atoms with Gasteiger partial charge in [0.25, 0.3) is 0 Å². The van der Waals surface area contributed by atoms with Crippen LogP contribution in [0.1, 0.15) is 70.6 Å². The molecule has 3 aliphatic rings. The van der Waals surface area contributed by atoms with E-state index in [0.717, 1.165) is 5.41 Å². The number of likely N-dealkylation sites (tertiary alicyclic amines) is 1. The predicted molar refractivity (Wildman–Crippen MR) is 85.9 cm³/mol. The van der Waals surface area contributed by atoms with Crippen molar-refractivity contribution in [1.82, 2.24) is 4.90 Å². The molecule has 1 aliphatic heterocycles. The summed E-state index contributed by atoms with van der Waals surface area (Å²) >= 11 is 3.83. The van der Waals surface area contributed by atoms with Gasteiger partial charge in [0.05, 0.1) is 0 Å². The first kappa shape index (κ1) is 14.4. The molecular weight excluding hydrogens is 298 g/mol. The topological polar surface area (TPSA) is 3.24 Å². The summed E-state index contributed by atoms with van der Waals surface area (Å²) in [6, 6.07) is 0. The van der Waals surface area contributed by atoms with E-state index < -0.39 is 0 Å². The average molecular weight is 328 g/mol. The largest absolute Gasteiger partial charge is 0.303 e. The molecule has 1 saturated heterocycles. The molecule has 0 amide bonds. The van der Waals surface area contributed by atoms with Crippen LogP contribution >= 0.6 is 15.9 Å². The molecule has 0 bridgehead atoms. The Bertz CT molecular complexity index is 280. The van der Waals surface area contributed by atoms with Gasteiger partial charge < -0.3 is 4.90 Å². The number of nitrogens with zero attached hydrogens (tertiary/aromatic N) is 1. The molecule has 1 spiro atoms. The molecule has 0 aromatic rings. The molecular formula is C17H30BrN. The molecule has 0 atom stereocenters. The first-order valence-corrected chi connectivity index (χ1v) is 9.67. The second kappa shape index (κ2) is 6.05. The second-order valence-electron chi connectivity index (χ2n) is 7.68. The van der Waals surface area contributed by atoms with Crippen LogP contribution in [0.4, 0.5) is 0 Å².